The first-order valence-electron chi connectivity index (χ1n) is 7.03. The number of carbonyl (C=O) groups is 1. The third-order valence-corrected chi connectivity index (χ3v) is 4.21. The molecule has 0 saturated heterocycles. The molecule has 0 fully saturated rings. The summed E-state index contributed by atoms with van der Waals surface area (Å²) in [6, 6.07) is 1.31. The Labute approximate surface area is 135 Å². The van der Waals surface area contributed by atoms with Gasteiger partial charge in [0, 0.05) is 11.1 Å². The number of rotatable bonds is 5. The minimum absolute atomic E-state index is 0.0215. The van der Waals surface area contributed by atoms with Gasteiger partial charge in [0.2, 0.25) is 5.91 Å². The first-order chi connectivity index (χ1) is 10.7. The molecule has 2 heterocycles. The fourth-order valence-corrected chi connectivity index (χ4v) is 3.09. The number of halogens is 3. The maximum atomic E-state index is 12.6. The topological polar surface area (TPSA) is 59.8 Å². The van der Waals surface area contributed by atoms with E-state index >= 15 is 0 Å². The first-order valence-corrected chi connectivity index (χ1v) is 7.91. The Morgan fingerprint density at radius 1 is 1.43 bits per heavy atom. The van der Waals surface area contributed by atoms with E-state index in [1.807, 2.05) is 19.9 Å². The van der Waals surface area contributed by atoms with Crippen molar-refractivity contribution in [1.82, 2.24) is 20.1 Å². The van der Waals surface area contributed by atoms with Crippen LogP contribution in [-0.2, 0) is 17.5 Å². The Bertz CT molecular complexity index is 692. The van der Waals surface area contributed by atoms with Gasteiger partial charge >= 0.3 is 6.18 Å². The van der Waals surface area contributed by atoms with Crippen molar-refractivity contribution in [2.24, 2.45) is 0 Å². The Hall–Kier alpha value is -1.90. The van der Waals surface area contributed by atoms with Gasteiger partial charge in [0.25, 0.3) is 0 Å². The first kappa shape index (κ1) is 17.5. The highest BCUT2D eigenvalue weighted by Crippen LogP contribution is 2.32. The second kappa shape index (κ2) is 6.69. The molecule has 5 nitrogen and oxygen atoms in total. The van der Waals surface area contributed by atoms with Crippen LogP contribution in [0.3, 0.4) is 0 Å². The van der Waals surface area contributed by atoms with E-state index < -0.39 is 17.9 Å². The van der Waals surface area contributed by atoms with Crippen molar-refractivity contribution in [1.29, 1.82) is 0 Å². The average molecular weight is 346 g/mol. The molecule has 1 atom stereocenters. The van der Waals surface area contributed by atoms with Crippen LogP contribution in [0, 0.1) is 13.8 Å². The van der Waals surface area contributed by atoms with Gasteiger partial charge < -0.3 is 5.32 Å². The van der Waals surface area contributed by atoms with Crippen molar-refractivity contribution in [2.75, 3.05) is 0 Å². The van der Waals surface area contributed by atoms with Gasteiger partial charge in [-0.05, 0) is 26.3 Å². The molecule has 1 N–H and O–H groups in total. The van der Waals surface area contributed by atoms with Crippen LogP contribution < -0.4 is 5.32 Å². The highest BCUT2D eigenvalue weighted by atomic mass is 32.1. The van der Waals surface area contributed by atoms with Gasteiger partial charge in [0.15, 0.2) is 5.69 Å². The van der Waals surface area contributed by atoms with Crippen LogP contribution in [0.25, 0.3) is 0 Å². The number of hydrogen-bond acceptors (Lipinski definition) is 4. The number of nitrogens with zero attached hydrogens (tertiary/aromatic N) is 3. The lowest BCUT2D eigenvalue weighted by molar-refractivity contribution is -0.140. The van der Waals surface area contributed by atoms with Gasteiger partial charge in [-0.1, -0.05) is 6.92 Å². The molecule has 2 rings (SSSR count). The molecular weight excluding hydrogens is 329 g/mol. The highest BCUT2D eigenvalue weighted by Gasteiger charge is 2.34. The van der Waals surface area contributed by atoms with Crippen molar-refractivity contribution < 1.29 is 18.0 Å². The van der Waals surface area contributed by atoms with Gasteiger partial charge in [-0.3, -0.25) is 9.48 Å². The summed E-state index contributed by atoms with van der Waals surface area (Å²) >= 11 is 0.896. The largest absolute Gasteiger partial charge is 0.434 e. The van der Waals surface area contributed by atoms with Crippen LogP contribution in [0.2, 0.25) is 0 Å². The number of alkyl halides is 3. The smallest absolute Gasteiger partial charge is 0.345 e. The normalized spacial score (nSPS) is 13.1. The number of hydrogen-bond donors (Lipinski definition) is 1. The molecule has 126 valence electrons. The van der Waals surface area contributed by atoms with Gasteiger partial charge in [-0.2, -0.15) is 18.3 Å². The van der Waals surface area contributed by atoms with Crippen LogP contribution in [0.1, 0.15) is 41.5 Å². The van der Waals surface area contributed by atoms with Crippen LogP contribution in [0.4, 0.5) is 13.2 Å². The van der Waals surface area contributed by atoms with Crippen LogP contribution >= 0.6 is 11.3 Å². The summed E-state index contributed by atoms with van der Waals surface area (Å²) in [7, 11) is 0. The minimum Gasteiger partial charge on any atom is -0.345 e. The molecule has 0 unspecified atom stereocenters. The molecule has 9 heteroatoms. The Balaban J connectivity index is 2.05. The molecule has 0 aliphatic carbocycles. The maximum absolute atomic E-state index is 12.6. The van der Waals surface area contributed by atoms with Crippen molar-refractivity contribution in [2.45, 2.75) is 46.0 Å². The molecule has 0 aliphatic heterocycles. The molecule has 0 bridgehead atoms. The van der Waals surface area contributed by atoms with E-state index in [0.29, 0.717) is 6.42 Å². The quantitative estimate of drug-likeness (QED) is 0.904. The number of thiazole rings is 1. The number of nitrogens with one attached hydrogen (secondary N) is 1. The number of aromatic nitrogens is 3. The molecule has 2 aromatic rings. The van der Waals surface area contributed by atoms with Crippen LogP contribution in [-0.4, -0.2) is 20.7 Å². The van der Waals surface area contributed by atoms with E-state index in [0.717, 1.165) is 28.1 Å². The second-order valence-electron chi connectivity index (χ2n) is 5.18. The van der Waals surface area contributed by atoms with E-state index in [2.05, 4.69) is 15.4 Å². The molecule has 0 aliphatic rings. The molecule has 0 saturated carbocycles. The predicted octanol–water partition coefficient (Wildman–Crippen LogP) is 3.24. The predicted molar refractivity (Wildman–Crippen MR) is 80.0 cm³/mol. The lowest BCUT2D eigenvalue weighted by Gasteiger charge is -2.15. The van der Waals surface area contributed by atoms with Crippen LogP contribution in [0.5, 0.6) is 0 Å². The van der Waals surface area contributed by atoms with Crippen molar-refractivity contribution in [3.05, 3.63) is 33.5 Å². The zero-order valence-electron chi connectivity index (χ0n) is 12.9. The fraction of sp³-hybridized carbons (Fsp3) is 0.500. The van der Waals surface area contributed by atoms with Gasteiger partial charge in [-0.15, -0.1) is 11.3 Å². The summed E-state index contributed by atoms with van der Waals surface area (Å²) in [4.78, 5) is 15.7. The summed E-state index contributed by atoms with van der Waals surface area (Å²) in [6.45, 7) is 5.46. The average Bonchev–Trinajstić information content (AvgIpc) is 3.03. The monoisotopic (exact) mass is 346 g/mol. The lowest BCUT2D eigenvalue weighted by atomic mass is 10.2. The fourth-order valence-electron chi connectivity index (χ4n) is 2.13. The zero-order chi connectivity index (χ0) is 17.2. The number of aryl methyl sites for hydroxylation is 2. The van der Waals surface area contributed by atoms with E-state index in [9.17, 15) is 18.0 Å². The standard InChI is InChI=1S/C14H17F3N4OS/c1-4-10(13-19-11(7-23-13)14(15,16)17)18-12(22)6-21-9(3)5-8(2)20-21/h5,7,10H,4,6H2,1-3H3,(H,18,22)/t10-/m0/s1. The lowest BCUT2D eigenvalue weighted by Crippen LogP contribution is -2.32. The molecule has 2 aromatic heterocycles. The zero-order valence-corrected chi connectivity index (χ0v) is 13.8. The van der Waals surface area contributed by atoms with Crippen LogP contribution in [0.15, 0.2) is 11.4 Å². The summed E-state index contributed by atoms with van der Waals surface area (Å²) in [5.74, 6) is -0.313. The number of carbonyl (C=O) groups excluding carboxylic acids is 1. The molecule has 23 heavy (non-hydrogen) atoms. The second-order valence-corrected chi connectivity index (χ2v) is 6.07. The third kappa shape index (κ3) is 4.31. The SMILES string of the molecule is CC[C@H](NC(=O)Cn1nc(C)cc1C)c1nc(C(F)(F)F)cs1. The summed E-state index contributed by atoms with van der Waals surface area (Å²) < 4.78 is 39.4. The van der Waals surface area contributed by atoms with E-state index in [4.69, 9.17) is 0 Å². The van der Waals surface area contributed by atoms with E-state index in [1.165, 1.54) is 0 Å². The van der Waals surface area contributed by atoms with Gasteiger partial charge in [0.1, 0.15) is 11.6 Å². The Morgan fingerprint density at radius 2 is 2.13 bits per heavy atom. The molecule has 0 radical (unpaired) electrons. The van der Waals surface area contributed by atoms with Crippen molar-refractivity contribution >= 4 is 17.2 Å². The van der Waals surface area contributed by atoms with Gasteiger partial charge in [-0.25, -0.2) is 4.98 Å². The molecular formula is C14H17F3N4OS. The van der Waals surface area contributed by atoms with Crippen molar-refractivity contribution in [3.63, 3.8) is 0 Å². The van der Waals surface area contributed by atoms with Gasteiger partial charge in [0.05, 0.1) is 11.7 Å². The molecule has 0 aromatic carbocycles. The summed E-state index contributed by atoms with van der Waals surface area (Å²) in [5, 5.41) is 8.11. The molecule has 0 spiro atoms. The summed E-state index contributed by atoms with van der Waals surface area (Å²) in [6.07, 6.45) is -4.02. The molecule has 1 amide bonds. The minimum atomic E-state index is -4.47. The van der Waals surface area contributed by atoms with E-state index in [-0.39, 0.29) is 17.5 Å². The highest BCUT2D eigenvalue weighted by molar-refractivity contribution is 7.09. The Morgan fingerprint density at radius 3 is 2.61 bits per heavy atom. The Kier molecular flexibility index (Phi) is 5.08. The van der Waals surface area contributed by atoms with E-state index in [1.54, 1.807) is 11.6 Å². The third-order valence-electron chi connectivity index (χ3n) is 3.25. The van der Waals surface area contributed by atoms with Crippen molar-refractivity contribution in [3.8, 4) is 0 Å². The summed E-state index contributed by atoms with van der Waals surface area (Å²) in [5.41, 5.74) is 0.722. The maximum Gasteiger partial charge on any atom is 0.434 e. The number of amides is 1.